The van der Waals surface area contributed by atoms with Gasteiger partial charge in [0.05, 0.1) is 6.61 Å². The lowest BCUT2D eigenvalue weighted by molar-refractivity contribution is 0.00365. The van der Waals surface area contributed by atoms with Gasteiger partial charge in [0.15, 0.2) is 0 Å². The van der Waals surface area contributed by atoms with Crippen LogP contribution < -0.4 is 4.74 Å². The average molecular weight is 413 g/mol. The minimum atomic E-state index is -1.41. The zero-order valence-electron chi connectivity index (χ0n) is 18.3. The maximum Gasteiger partial charge on any atom is 0.253 e. The number of amides is 1. The largest absolute Gasteiger partial charge is 0.508 e. The molecule has 0 fully saturated rings. The molecule has 1 amide bonds. The summed E-state index contributed by atoms with van der Waals surface area (Å²) >= 11 is 0. The van der Waals surface area contributed by atoms with Gasteiger partial charge in [-0.1, -0.05) is 12.1 Å². The zero-order chi connectivity index (χ0) is 21.9. The molecule has 2 aromatic rings. The number of aromatic hydroxyl groups is 1. The Labute approximate surface area is 178 Å². The predicted octanol–water partition coefficient (Wildman–Crippen LogP) is 3.07. The third kappa shape index (κ3) is 4.16. The van der Waals surface area contributed by atoms with Gasteiger partial charge in [-0.25, -0.2) is 0 Å². The zero-order valence-corrected chi connectivity index (χ0v) is 18.3. The molecule has 1 aliphatic rings. The highest BCUT2D eigenvalue weighted by Crippen LogP contribution is 2.46. The third-order valence-electron chi connectivity index (χ3n) is 5.87. The van der Waals surface area contributed by atoms with E-state index in [0.717, 1.165) is 0 Å². The van der Waals surface area contributed by atoms with Crippen LogP contribution in [0.3, 0.4) is 0 Å². The highest BCUT2D eigenvalue weighted by molar-refractivity contribution is 5.94. The van der Waals surface area contributed by atoms with Crippen LogP contribution in [0.2, 0.25) is 0 Å². The molecular weight excluding hydrogens is 380 g/mol. The van der Waals surface area contributed by atoms with Crippen molar-refractivity contribution in [2.24, 2.45) is 5.92 Å². The summed E-state index contributed by atoms with van der Waals surface area (Å²) in [6.07, 6.45) is 0.637. The van der Waals surface area contributed by atoms with Gasteiger partial charge in [0.25, 0.3) is 5.91 Å². The average Bonchev–Trinajstić information content (AvgIpc) is 2.86. The number of aliphatic hydroxyl groups is 1. The first-order valence-electron chi connectivity index (χ1n) is 10.5. The van der Waals surface area contributed by atoms with Crippen molar-refractivity contribution >= 4 is 5.91 Å². The van der Waals surface area contributed by atoms with Crippen molar-refractivity contribution in [3.05, 3.63) is 59.2 Å². The van der Waals surface area contributed by atoms with E-state index in [1.807, 2.05) is 38.9 Å². The van der Waals surface area contributed by atoms with E-state index < -0.39 is 5.60 Å². The van der Waals surface area contributed by atoms with Crippen molar-refractivity contribution in [1.29, 1.82) is 0 Å². The first kappa shape index (κ1) is 22.1. The summed E-state index contributed by atoms with van der Waals surface area (Å²) in [6.45, 7) is 6.22. The summed E-state index contributed by atoms with van der Waals surface area (Å²) in [4.78, 5) is 16.8. The molecule has 0 aliphatic carbocycles. The Bertz CT molecular complexity index is 895. The highest BCUT2D eigenvalue weighted by Gasteiger charge is 2.44. The summed E-state index contributed by atoms with van der Waals surface area (Å²) in [7, 11) is 3.94. The van der Waals surface area contributed by atoms with Gasteiger partial charge in [0.1, 0.15) is 17.1 Å². The fourth-order valence-corrected chi connectivity index (χ4v) is 4.32. The molecule has 30 heavy (non-hydrogen) atoms. The van der Waals surface area contributed by atoms with E-state index in [4.69, 9.17) is 4.74 Å². The van der Waals surface area contributed by atoms with Gasteiger partial charge < -0.3 is 24.7 Å². The number of fused-ring (bicyclic) bond motifs is 1. The standard InChI is InChI=1S/C24H32N2O4/c1-5-26(6-2)23(28)17-10-11-22-21(14-17)24(29,18-8-7-9-20(27)15-18)19(12-13-30-22)16-25(3)4/h7-11,14-15,19,27,29H,5-6,12-13,16H2,1-4H3. The lowest BCUT2D eigenvalue weighted by Crippen LogP contribution is -2.41. The van der Waals surface area contributed by atoms with E-state index in [2.05, 4.69) is 0 Å². The smallest absolute Gasteiger partial charge is 0.253 e. The summed E-state index contributed by atoms with van der Waals surface area (Å²) in [5.74, 6) is 0.397. The molecule has 0 saturated heterocycles. The lowest BCUT2D eigenvalue weighted by Gasteiger charge is -2.37. The highest BCUT2D eigenvalue weighted by atomic mass is 16.5. The van der Waals surface area contributed by atoms with E-state index in [-0.39, 0.29) is 17.6 Å². The van der Waals surface area contributed by atoms with Crippen molar-refractivity contribution in [3.8, 4) is 11.5 Å². The normalized spacial score (nSPS) is 20.9. The summed E-state index contributed by atoms with van der Waals surface area (Å²) in [5, 5.41) is 22.3. The molecular formula is C24H32N2O4. The number of carbonyl (C=O) groups is 1. The molecule has 0 spiro atoms. The van der Waals surface area contributed by atoms with Crippen LogP contribution in [-0.2, 0) is 5.60 Å². The second-order valence-electron chi connectivity index (χ2n) is 8.10. The number of nitrogens with zero attached hydrogens (tertiary/aromatic N) is 2. The first-order valence-corrected chi connectivity index (χ1v) is 10.5. The van der Waals surface area contributed by atoms with Crippen LogP contribution >= 0.6 is 0 Å². The molecule has 0 saturated carbocycles. The van der Waals surface area contributed by atoms with Crippen molar-refractivity contribution in [1.82, 2.24) is 9.80 Å². The molecule has 1 aliphatic heterocycles. The van der Waals surface area contributed by atoms with Crippen molar-refractivity contribution < 1.29 is 19.7 Å². The molecule has 2 N–H and O–H groups in total. The van der Waals surface area contributed by atoms with Gasteiger partial charge in [-0.15, -0.1) is 0 Å². The third-order valence-corrected chi connectivity index (χ3v) is 5.87. The van der Waals surface area contributed by atoms with Crippen LogP contribution in [0.15, 0.2) is 42.5 Å². The van der Waals surface area contributed by atoms with Crippen LogP contribution in [0.1, 0.15) is 41.8 Å². The molecule has 2 atom stereocenters. The maximum atomic E-state index is 13.0. The van der Waals surface area contributed by atoms with Crippen LogP contribution in [0.4, 0.5) is 0 Å². The van der Waals surface area contributed by atoms with Gasteiger partial charge >= 0.3 is 0 Å². The fraction of sp³-hybridized carbons (Fsp3) is 0.458. The lowest BCUT2D eigenvalue weighted by atomic mass is 9.74. The Kier molecular flexibility index (Phi) is 6.68. The van der Waals surface area contributed by atoms with Crippen LogP contribution in [0, 0.1) is 5.92 Å². The summed E-state index contributed by atoms with van der Waals surface area (Å²) in [6, 6.07) is 12.0. The number of rotatable bonds is 6. The van der Waals surface area contributed by atoms with Gasteiger partial charge in [0, 0.05) is 36.7 Å². The maximum absolute atomic E-state index is 13.0. The second-order valence-corrected chi connectivity index (χ2v) is 8.10. The molecule has 1 heterocycles. The molecule has 0 radical (unpaired) electrons. The van der Waals surface area contributed by atoms with E-state index in [1.54, 1.807) is 41.3 Å². The SMILES string of the molecule is CCN(CC)C(=O)c1ccc2c(c1)C(O)(c1cccc(O)c1)C(CN(C)C)CCO2. The van der Waals surface area contributed by atoms with Crippen LogP contribution in [0.5, 0.6) is 11.5 Å². The minimum absolute atomic E-state index is 0.0746. The number of phenols is 1. The van der Waals surface area contributed by atoms with Gasteiger partial charge in [0.2, 0.25) is 0 Å². The second kappa shape index (κ2) is 9.06. The Morgan fingerprint density at radius 1 is 1.17 bits per heavy atom. The number of ether oxygens (including phenoxy) is 1. The van der Waals surface area contributed by atoms with Crippen LogP contribution in [0.25, 0.3) is 0 Å². The molecule has 0 aromatic heterocycles. The minimum Gasteiger partial charge on any atom is -0.508 e. The Balaban J connectivity index is 2.20. The Hall–Kier alpha value is -2.57. The number of benzene rings is 2. The first-order chi connectivity index (χ1) is 14.3. The molecule has 162 valence electrons. The number of carbonyl (C=O) groups excluding carboxylic acids is 1. The van der Waals surface area contributed by atoms with E-state index >= 15 is 0 Å². The Morgan fingerprint density at radius 3 is 2.53 bits per heavy atom. The molecule has 3 rings (SSSR count). The Morgan fingerprint density at radius 2 is 1.90 bits per heavy atom. The predicted molar refractivity (Wildman–Crippen MR) is 117 cm³/mol. The summed E-state index contributed by atoms with van der Waals surface area (Å²) < 4.78 is 5.99. The van der Waals surface area contributed by atoms with Crippen LogP contribution in [-0.4, -0.2) is 66.3 Å². The monoisotopic (exact) mass is 412 g/mol. The van der Waals surface area contributed by atoms with Gasteiger partial charge in [-0.05, 0) is 70.3 Å². The summed E-state index contributed by atoms with van der Waals surface area (Å²) in [5.41, 5.74) is 0.267. The number of hydrogen-bond donors (Lipinski definition) is 2. The fourth-order valence-electron chi connectivity index (χ4n) is 4.32. The number of hydrogen-bond acceptors (Lipinski definition) is 5. The van der Waals surface area contributed by atoms with Gasteiger partial charge in [-0.3, -0.25) is 4.79 Å². The molecule has 6 nitrogen and oxygen atoms in total. The molecule has 6 heteroatoms. The molecule has 0 bridgehead atoms. The van der Waals surface area contributed by atoms with E-state index in [0.29, 0.717) is 55.1 Å². The number of phenolic OH excluding ortho intramolecular Hbond substituents is 1. The van der Waals surface area contributed by atoms with Crippen molar-refractivity contribution in [3.63, 3.8) is 0 Å². The molecule has 2 unspecified atom stereocenters. The van der Waals surface area contributed by atoms with E-state index in [9.17, 15) is 15.0 Å². The van der Waals surface area contributed by atoms with E-state index in [1.165, 1.54) is 0 Å². The topological polar surface area (TPSA) is 73.2 Å². The van der Waals surface area contributed by atoms with Crippen molar-refractivity contribution in [2.45, 2.75) is 25.9 Å². The van der Waals surface area contributed by atoms with Gasteiger partial charge in [-0.2, -0.15) is 0 Å². The quantitative estimate of drug-likeness (QED) is 0.763. The van der Waals surface area contributed by atoms with Crippen molar-refractivity contribution in [2.75, 3.05) is 40.3 Å². The molecule has 2 aromatic carbocycles.